The van der Waals surface area contributed by atoms with Gasteiger partial charge in [-0.3, -0.25) is 4.79 Å². The van der Waals surface area contributed by atoms with Crippen molar-refractivity contribution in [1.29, 1.82) is 0 Å². The summed E-state index contributed by atoms with van der Waals surface area (Å²) < 4.78 is 0. The molecule has 1 unspecified atom stereocenters. The summed E-state index contributed by atoms with van der Waals surface area (Å²) in [6.07, 6.45) is 1.91. The number of carbonyl (C=O) groups excluding carboxylic acids is 1. The number of amides is 1. The molecule has 0 radical (unpaired) electrons. The molecular formula is C7H13NOS. The Morgan fingerprint density at radius 3 is 2.50 bits per heavy atom. The number of thiol groups is 1. The van der Waals surface area contributed by atoms with Crippen LogP contribution < -0.4 is 5.32 Å². The predicted octanol–water partition coefficient (Wildman–Crippen LogP) is 1.18. The van der Waals surface area contributed by atoms with Crippen LogP contribution in [-0.2, 0) is 4.79 Å². The zero-order chi connectivity index (χ0) is 7.78. The van der Waals surface area contributed by atoms with Gasteiger partial charge in [0.25, 0.3) is 5.91 Å². The molecule has 0 spiro atoms. The van der Waals surface area contributed by atoms with E-state index in [-0.39, 0.29) is 5.91 Å². The average molecular weight is 159 g/mol. The number of hydrogen-bond donors (Lipinski definition) is 2. The van der Waals surface area contributed by atoms with Gasteiger partial charge in [0.2, 0.25) is 0 Å². The molecule has 1 aliphatic heterocycles. The van der Waals surface area contributed by atoms with Crippen molar-refractivity contribution < 1.29 is 4.79 Å². The highest BCUT2D eigenvalue weighted by atomic mass is 32.1. The van der Waals surface area contributed by atoms with Crippen molar-refractivity contribution in [2.24, 2.45) is 5.92 Å². The van der Waals surface area contributed by atoms with Gasteiger partial charge in [-0.25, -0.2) is 0 Å². The van der Waals surface area contributed by atoms with Gasteiger partial charge in [0.05, 0.1) is 0 Å². The Hall–Kier alpha value is -0.180. The Bertz CT molecular complexity index is 158. The van der Waals surface area contributed by atoms with Gasteiger partial charge >= 0.3 is 0 Å². The number of nitrogens with one attached hydrogen (secondary N) is 1. The normalized spacial score (nSPS) is 30.6. The maximum Gasteiger partial charge on any atom is 0.257 e. The number of hydrogen-bond acceptors (Lipinski definition) is 2. The molecule has 3 heteroatoms. The summed E-state index contributed by atoms with van der Waals surface area (Å²) in [6.45, 7) is 4.29. The SMILES string of the molecule is CC(C)CCC1(S)NC1=O. The van der Waals surface area contributed by atoms with Crippen LogP contribution in [0, 0.1) is 5.92 Å². The lowest BCUT2D eigenvalue weighted by Crippen LogP contribution is -2.07. The van der Waals surface area contributed by atoms with E-state index in [2.05, 4.69) is 31.8 Å². The highest BCUT2D eigenvalue weighted by molar-refractivity contribution is 7.83. The first-order valence-corrected chi connectivity index (χ1v) is 4.04. The minimum Gasteiger partial charge on any atom is -0.331 e. The summed E-state index contributed by atoms with van der Waals surface area (Å²) >= 11 is 4.17. The van der Waals surface area contributed by atoms with Gasteiger partial charge < -0.3 is 5.32 Å². The van der Waals surface area contributed by atoms with E-state index < -0.39 is 4.87 Å². The van der Waals surface area contributed by atoms with E-state index in [0.717, 1.165) is 12.8 Å². The Morgan fingerprint density at radius 2 is 2.20 bits per heavy atom. The highest BCUT2D eigenvalue weighted by Gasteiger charge is 2.49. The molecule has 0 bridgehead atoms. The third kappa shape index (κ3) is 1.66. The molecule has 10 heavy (non-hydrogen) atoms. The molecule has 0 aromatic rings. The van der Waals surface area contributed by atoms with Crippen molar-refractivity contribution in [3.05, 3.63) is 0 Å². The maximum atomic E-state index is 10.6. The standard InChI is InChI=1S/C7H13NOS/c1-5(2)3-4-7(10)6(9)8-7/h5,10H,3-4H2,1-2H3,(H,8,9). The molecule has 0 saturated carbocycles. The quantitative estimate of drug-likeness (QED) is 0.471. The molecule has 2 nitrogen and oxygen atoms in total. The molecule has 0 aliphatic carbocycles. The van der Waals surface area contributed by atoms with Crippen molar-refractivity contribution in [2.75, 3.05) is 0 Å². The molecule has 0 aromatic heterocycles. The summed E-state index contributed by atoms with van der Waals surface area (Å²) in [5.41, 5.74) is 0. The van der Waals surface area contributed by atoms with Crippen molar-refractivity contribution in [2.45, 2.75) is 31.6 Å². The molecule has 0 aromatic carbocycles. The molecule has 1 atom stereocenters. The van der Waals surface area contributed by atoms with Gasteiger partial charge in [-0.15, -0.1) is 12.6 Å². The fourth-order valence-corrected chi connectivity index (χ4v) is 1.06. The van der Waals surface area contributed by atoms with Crippen molar-refractivity contribution in [3.63, 3.8) is 0 Å². The zero-order valence-corrected chi connectivity index (χ0v) is 7.24. The van der Waals surface area contributed by atoms with Crippen LogP contribution in [0.25, 0.3) is 0 Å². The Balaban J connectivity index is 2.21. The molecular weight excluding hydrogens is 146 g/mol. The summed E-state index contributed by atoms with van der Waals surface area (Å²) in [4.78, 5) is 10.2. The monoisotopic (exact) mass is 159 g/mol. The van der Waals surface area contributed by atoms with Crippen LogP contribution in [-0.4, -0.2) is 10.8 Å². The van der Waals surface area contributed by atoms with Crippen LogP contribution in [0.3, 0.4) is 0 Å². The zero-order valence-electron chi connectivity index (χ0n) is 6.35. The predicted molar refractivity (Wildman–Crippen MR) is 43.9 cm³/mol. The molecule has 1 fully saturated rings. The van der Waals surface area contributed by atoms with Gasteiger partial charge in [-0.1, -0.05) is 13.8 Å². The molecule has 1 rings (SSSR count). The third-order valence-electron chi connectivity index (χ3n) is 1.72. The molecule has 1 amide bonds. The van der Waals surface area contributed by atoms with Crippen LogP contribution in [0.2, 0.25) is 0 Å². The summed E-state index contributed by atoms with van der Waals surface area (Å²) in [5.74, 6) is 0.732. The topological polar surface area (TPSA) is 39.0 Å². The highest BCUT2D eigenvalue weighted by Crippen LogP contribution is 2.30. The van der Waals surface area contributed by atoms with Gasteiger partial charge in [-0.05, 0) is 18.8 Å². The van der Waals surface area contributed by atoms with Crippen LogP contribution in [0.1, 0.15) is 26.7 Å². The van der Waals surface area contributed by atoms with Gasteiger partial charge in [-0.2, -0.15) is 0 Å². The van der Waals surface area contributed by atoms with E-state index in [4.69, 9.17) is 0 Å². The van der Waals surface area contributed by atoms with Crippen LogP contribution >= 0.6 is 12.6 Å². The van der Waals surface area contributed by atoms with Crippen molar-refractivity contribution in [1.82, 2.24) is 5.32 Å². The summed E-state index contributed by atoms with van der Waals surface area (Å²) in [6, 6.07) is 0. The third-order valence-corrected chi connectivity index (χ3v) is 2.26. The molecule has 58 valence electrons. The van der Waals surface area contributed by atoms with E-state index in [1.807, 2.05) is 0 Å². The second-order valence-electron chi connectivity index (χ2n) is 3.25. The fraction of sp³-hybridized carbons (Fsp3) is 0.857. The second kappa shape index (κ2) is 2.46. The smallest absolute Gasteiger partial charge is 0.257 e. The Morgan fingerprint density at radius 1 is 1.70 bits per heavy atom. The first-order chi connectivity index (χ1) is 4.54. The average Bonchev–Trinajstić information content (AvgIpc) is 2.38. The second-order valence-corrected chi connectivity index (χ2v) is 4.01. The maximum absolute atomic E-state index is 10.6. The van der Waals surface area contributed by atoms with Gasteiger partial charge in [0.15, 0.2) is 4.87 Å². The molecule has 1 heterocycles. The van der Waals surface area contributed by atoms with E-state index >= 15 is 0 Å². The summed E-state index contributed by atoms with van der Waals surface area (Å²) in [5, 5.41) is 2.69. The van der Waals surface area contributed by atoms with Crippen LogP contribution in [0.15, 0.2) is 0 Å². The van der Waals surface area contributed by atoms with Gasteiger partial charge in [0, 0.05) is 0 Å². The lowest BCUT2D eigenvalue weighted by molar-refractivity contribution is -0.111. The lowest BCUT2D eigenvalue weighted by Gasteiger charge is -2.04. The van der Waals surface area contributed by atoms with E-state index in [9.17, 15) is 4.79 Å². The van der Waals surface area contributed by atoms with Gasteiger partial charge in [0.1, 0.15) is 0 Å². The lowest BCUT2D eigenvalue weighted by atomic mass is 10.1. The van der Waals surface area contributed by atoms with E-state index in [1.165, 1.54) is 0 Å². The largest absolute Gasteiger partial charge is 0.331 e. The first-order valence-electron chi connectivity index (χ1n) is 3.59. The number of rotatable bonds is 3. The van der Waals surface area contributed by atoms with Crippen LogP contribution in [0.5, 0.6) is 0 Å². The van der Waals surface area contributed by atoms with Crippen LogP contribution in [0.4, 0.5) is 0 Å². The fourth-order valence-electron chi connectivity index (χ4n) is 0.830. The minimum absolute atomic E-state index is 0.0801. The van der Waals surface area contributed by atoms with E-state index in [1.54, 1.807) is 0 Å². The minimum atomic E-state index is -0.454. The first kappa shape index (κ1) is 7.92. The molecule has 1 saturated heterocycles. The van der Waals surface area contributed by atoms with E-state index in [0.29, 0.717) is 5.92 Å². The van der Waals surface area contributed by atoms with Crippen molar-refractivity contribution in [3.8, 4) is 0 Å². The summed E-state index contributed by atoms with van der Waals surface area (Å²) in [7, 11) is 0. The molecule has 1 N–H and O–H groups in total. The molecule has 1 aliphatic rings. The van der Waals surface area contributed by atoms with Crippen molar-refractivity contribution >= 4 is 18.5 Å². The Labute approximate surface area is 66.8 Å². The number of carbonyl (C=O) groups is 1. The Kier molecular flexibility index (Phi) is 1.95.